The van der Waals surface area contributed by atoms with Gasteiger partial charge in [0, 0.05) is 26.3 Å². The minimum absolute atomic E-state index is 0.380. The van der Waals surface area contributed by atoms with Gasteiger partial charge in [-0.05, 0) is 31.7 Å². The fourth-order valence-corrected chi connectivity index (χ4v) is 1.78. The number of benzene rings is 1. The van der Waals surface area contributed by atoms with E-state index in [-0.39, 0.29) is 5.91 Å². The standard InChI is InChI=1S/C15H23N3O3/c1-11(14(19)16-15(20)21-5)18(4)10-12-6-8-13(9-7-12)17(2)3/h6-9,11H,10H2,1-5H3,(H,16,19,20)/t11-/m0/s1. The first-order chi connectivity index (χ1) is 9.85. The number of hydrogen-bond acceptors (Lipinski definition) is 5. The van der Waals surface area contributed by atoms with E-state index in [0.717, 1.165) is 11.3 Å². The van der Waals surface area contributed by atoms with Gasteiger partial charge in [-0.15, -0.1) is 0 Å². The highest BCUT2D eigenvalue weighted by Gasteiger charge is 2.20. The van der Waals surface area contributed by atoms with Crippen LogP contribution in [-0.2, 0) is 16.1 Å². The number of nitrogens with one attached hydrogen (secondary N) is 1. The van der Waals surface area contributed by atoms with Crippen LogP contribution in [0.15, 0.2) is 24.3 Å². The Bertz CT molecular complexity index is 485. The molecule has 1 aromatic rings. The zero-order valence-corrected chi connectivity index (χ0v) is 13.2. The van der Waals surface area contributed by atoms with Gasteiger partial charge in [0.1, 0.15) is 0 Å². The van der Waals surface area contributed by atoms with Crippen LogP contribution in [0.25, 0.3) is 0 Å². The zero-order valence-electron chi connectivity index (χ0n) is 13.2. The van der Waals surface area contributed by atoms with E-state index in [1.165, 1.54) is 7.11 Å². The summed E-state index contributed by atoms with van der Waals surface area (Å²) in [6.07, 6.45) is -0.740. The molecule has 0 spiro atoms. The van der Waals surface area contributed by atoms with Gasteiger partial charge < -0.3 is 9.64 Å². The molecule has 1 rings (SSSR count). The largest absolute Gasteiger partial charge is 0.453 e. The number of rotatable bonds is 5. The molecule has 1 atom stereocenters. The van der Waals surface area contributed by atoms with Gasteiger partial charge in [0.05, 0.1) is 13.2 Å². The van der Waals surface area contributed by atoms with Crippen LogP contribution in [0.4, 0.5) is 10.5 Å². The number of carbonyl (C=O) groups is 2. The minimum atomic E-state index is -0.740. The van der Waals surface area contributed by atoms with Crippen molar-refractivity contribution in [3.63, 3.8) is 0 Å². The molecule has 2 amide bonds. The van der Waals surface area contributed by atoms with Gasteiger partial charge >= 0.3 is 6.09 Å². The molecule has 0 fully saturated rings. The number of alkyl carbamates (subject to hydrolysis) is 1. The van der Waals surface area contributed by atoms with Gasteiger partial charge in [-0.3, -0.25) is 15.0 Å². The monoisotopic (exact) mass is 293 g/mol. The maximum atomic E-state index is 11.8. The fraction of sp³-hybridized carbons (Fsp3) is 0.467. The summed E-state index contributed by atoms with van der Waals surface area (Å²) in [5, 5.41) is 2.17. The number of hydrogen-bond donors (Lipinski definition) is 1. The summed E-state index contributed by atoms with van der Waals surface area (Å²) in [6, 6.07) is 7.68. The number of anilines is 1. The summed E-state index contributed by atoms with van der Waals surface area (Å²) in [5.41, 5.74) is 2.22. The molecule has 0 aliphatic rings. The van der Waals surface area contributed by atoms with Crippen molar-refractivity contribution in [2.45, 2.75) is 19.5 Å². The Morgan fingerprint density at radius 1 is 1.19 bits per heavy atom. The van der Waals surface area contributed by atoms with E-state index in [4.69, 9.17) is 0 Å². The van der Waals surface area contributed by atoms with Crippen molar-refractivity contribution in [3.8, 4) is 0 Å². The van der Waals surface area contributed by atoms with Crippen LogP contribution in [0.3, 0.4) is 0 Å². The van der Waals surface area contributed by atoms with Crippen molar-refractivity contribution in [2.24, 2.45) is 0 Å². The SMILES string of the molecule is COC(=O)NC(=O)[C@H](C)N(C)Cc1ccc(N(C)C)cc1. The molecule has 0 bridgehead atoms. The highest BCUT2D eigenvalue weighted by molar-refractivity contribution is 5.94. The van der Waals surface area contributed by atoms with Crippen LogP contribution in [-0.4, -0.2) is 51.2 Å². The van der Waals surface area contributed by atoms with Gasteiger partial charge in [-0.1, -0.05) is 12.1 Å². The molecule has 0 aliphatic heterocycles. The number of likely N-dealkylation sites (N-methyl/N-ethyl adjacent to an activating group) is 1. The summed E-state index contributed by atoms with van der Waals surface area (Å²) < 4.78 is 4.41. The molecule has 0 saturated carbocycles. The van der Waals surface area contributed by atoms with E-state index in [2.05, 4.69) is 10.1 Å². The molecule has 0 aliphatic carbocycles. The summed E-state index contributed by atoms with van der Waals surface area (Å²) in [4.78, 5) is 26.8. The quantitative estimate of drug-likeness (QED) is 0.890. The average molecular weight is 293 g/mol. The lowest BCUT2D eigenvalue weighted by atomic mass is 10.1. The van der Waals surface area contributed by atoms with Crippen LogP contribution in [0.2, 0.25) is 0 Å². The zero-order chi connectivity index (χ0) is 16.0. The molecule has 1 N–H and O–H groups in total. The third-order valence-electron chi connectivity index (χ3n) is 3.34. The minimum Gasteiger partial charge on any atom is -0.453 e. The lowest BCUT2D eigenvalue weighted by Gasteiger charge is -2.23. The topological polar surface area (TPSA) is 61.9 Å². The second-order valence-electron chi connectivity index (χ2n) is 5.13. The molecule has 0 aromatic heterocycles. The highest BCUT2D eigenvalue weighted by Crippen LogP contribution is 2.14. The molecule has 21 heavy (non-hydrogen) atoms. The molecule has 0 radical (unpaired) electrons. The molecule has 0 heterocycles. The van der Waals surface area contributed by atoms with E-state index >= 15 is 0 Å². The predicted molar refractivity (Wildman–Crippen MR) is 82.2 cm³/mol. The van der Waals surface area contributed by atoms with Crippen LogP contribution < -0.4 is 10.2 Å². The Kier molecular flexibility index (Phi) is 6.17. The van der Waals surface area contributed by atoms with Crippen LogP contribution in [0.5, 0.6) is 0 Å². The number of methoxy groups -OCH3 is 1. The van der Waals surface area contributed by atoms with E-state index in [9.17, 15) is 9.59 Å². The molecular formula is C15H23N3O3. The number of imide groups is 1. The van der Waals surface area contributed by atoms with E-state index in [1.807, 2.05) is 55.2 Å². The lowest BCUT2D eigenvalue weighted by molar-refractivity contribution is -0.124. The predicted octanol–water partition coefficient (Wildman–Crippen LogP) is 1.46. The molecule has 0 unspecified atom stereocenters. The number of ether oxygens (including phenoxy) is 1. The van der Waals surface area contributed by atoms with Gasteiger partial charge in [0.15, 0.2) is 0 Å². The number of nitrogens with zero attached hydrogens (tertiary/aromatic N) is 2. The normalized spacial score (nSPS) is 11.9. The smallest absolute Gasteiger partial charge is 0.413 e. The lowest BCUT2D eigenvalue weighted by Crippen LogP contribution is -2.45. The van der Waals surface area contributed by atoms with Crippen molar-refractivity contribution in [2.75, 3.05) is 33.2 Å². The maximum Gasteiger partial charge on any atom is 0.413 e. The fourth-order valence-electron chi connectivity index (χ4n) is 1.78. The second kappa shape index (κ2) is 7.64. The molecule has 0 saturated heterocycles. The van der Waals surface area contributed by atoms with Crippen molar-refractivity contribution in [1.82, 2.24) is 10.2 Å². The Morgan fingerprint density at radius 3 is 2.24 bits per heavy atom. The summed E-state index contributed by atoms with van der Waals surface area (Å²) in [5.74, 6) is -0.380. The van der Waals surface area contributed by atoms with E-state index < -0.39 is 12.1 Å². The Morgan fingerprint density at radius 2 is 1.76 bits per heavy atom. The summed E-state index contributed by atoms with van der Waals surface area (Å²) >= 11 is 0. The molecule has 6 heteroatoms. The Hall–Kier alpha value is -2.08. The third kappa shape index (κ3) is 5.07. The molecule has 1 aromatic carbocycles. The van der Waals surface area contributed by atoms with Gasteiger partial charge in [-0.25, -0.2) is 4.79 Å². The van der Waals surface area contributed by atoms with Gasteiger partial charge in [-0.2, -0.15) is 0 Å². The highest BCUT2D eigenvalue weighted by atomic mass is 16.5. The first-order valence-electron chi connectivity index (χ1n) is 6.70. The summed E-state index contributed by atoms with van der Waals surface area (Å²) in [7, 11) is 7.03. The first-order valence-corrected chi connectivity index (χ1v) is 6.70. The Balaban J connectivity index is 2.61. The van der Waals surface area contributed by atoms with Crippen molar-refractivity contribution in [1.29, 1.82) is 0 Å². The van der Waals surface area contributed by atoms with E-state index in [1.54, 1.807) is 6.92 Å². The number of amides is 2. The van der Waals surface area contributed by atoms with Crippen LogP contribution in [0, 0.1) is 0 Å². The van der Waals surface area contributed by atoms with Gasteiger partial charge in [0.2, 0.25) is 5.91 Å². The molecule has 6 nitrogen and oxygen atoms in total. The third-order valence-corrected chi connectivity index (χ3v) is 3.34. The van der Waals surface area contributed by atoms with E-state index in [0.29, 0.717) is 6.54 Å². The first kappa shape index (κ1) is 17.0. The van der Waals surface area contributed by atoms with Crippen molar-refractivity contribution < 1.29 is 14.3 Å². The number of carbonyl (C=O) groups excluding carboxylic acids is 2. The van der Waals surface area contributed by atoms with Crippen molar-refractivity contribution in [3.05, 3.63) is 29.8 Å². The average Bonchev–Trinajstić information content (AvgIpc) is 2.46. The van der Waals surface area contributed by atoms with Crippen LogP contribution >= 0.6 is 0 Å². The van der Waals surface area contributed by atoms with Gasteiger partial charge in [0.25, 0.3) is 0 Å². The molecule has 116 valence electrons. The maximum absolute atomic E-state index is 11.8. The Labute approximate surface area is 125 Å². The summed E-state index contributed by atoms with van der Waals surface area (Å²) in [6.45, 7) is 2.36. The van der Waals surface area contributed by atoms with Crippen LogP contribution in [0.1, 0.15) is 12.5 Å². The second-order valence-corrected chi connectivity index (χ2v) is 5.13. The van der Waals surface area contributed by atoms with Crippen molar-refractivity contribution >= 4 is 17.7 Å². The molecular weight excluding hydrogens is 270 g/mol.